The standard InChI is InChI=1S/C13H17NO2/c1-13(2,8-15)10-4-5-11(16-3)12-9(10)6-7-14-12/h4-7,14-15H,8H2,1-3H3. The Morgan fingerprint density at radius 1 is 1.31 bits per heavy atom. The normalized spacial score (nSPS) is 12.0. The highest BCUT2D eigenvalue weighted by molar-refractivity contribution is 5.89. The minimum absolute atomic E-state index is 0.125. The summed E-state index contributed by atoms with van der Waals surface area (Å²) in [7, 11) is 1.66. The molecular formula is C13H17NO2. The molecule has 0 amide bonds. The number of benzene rings is 1. The molecule has 0 unspecified atom stereocenters. The molecule has 86 valence electrons. The molecule has 2 N–H and O–H groups in total. The lowest BCUT2D eigenvalue weighted by molar-refractivity contribution is 0.219. The van der Waals surface area contributed by atoms with E-state index < -0.39 is 0 Å². The molecule has 2 aromatic rings. The van der Waals surface area contributed by atoms with Crippen molar-refractivity contribution in [2.45, 2.75) is 19.3 Å². The van der Waals surface area contributed by atoms with Crippen molar-refractivity contribution in [3.8, 4) is 5.75 Å². The van der Waals surface area contributed by atoms with Crippen molar-refractivity contribution < 1.29 is 9.84 Å². The van der Waals surface area contributed by atoms with Crippen molar-refractivity contribution in [2.24, 2.45) is 0 Å². The number of rotatable bonds is 3. The van der Waals surface area contributed by atoms with Crippen molar-refractivity contribution >= 4 is 10.9 Å². The van der Waals surface area contributed by atoms with Crippen molar-refractivity contribution in [3.63, 3.8) is 0 Å². The molecule has 3 heteroatoms. The zero-order chi connectivity index (χ0) is 11.8. The molecule has 0 aliphatic rings. The quantitative estimate of drug-likeness (QED) is 0.832. The van der Waals surface area contributed by atoms with Gasteiger partial charge in [0.05, 0.1) is 19.2 Å². The molecule has 0 radical (unpaired) electrons. The highest BCUT2D eigenvalue weighted by Crippen LogP contribution is 2.34. The van der Waals surface area contributed by atoms with Gasteiger partial charge in [-0.15, -0.1) is 0 Å². The number of nitrogens with one attached hydrogen (secondary N) is 1. The highest BCUT2D eigenvalue weighted by atomic mass is 16.5. The van der Waals surface area contributed by atoms with Gasteiger partial charge in [-0.1, -0.05) is 19.9 Å². The molecule has 0 saturated carbocycles. The summed E-state index contributed by atoms with van der Waals surface area (Å²) in [5, 5.41) is 10.5. The van der Waals surface area contributed by atoms with E-state index in [1.165, 1.54) is 0 Å². The van der Waals surface area contributed by atoms with Gasteiger partial charge in [0.15, 0.2) is 0 Å². The maximum Gasteiger partial charge on any atom is 0.142 e. The average molecular weight is 219 g/mol. The van der Waals surface area contributed by atoms with Crippen LogP contribution in [-0.4, -0.2) is 23.8 Å². The van der Waals surface area contributed by atoms with E-state index in [-0.39, 0.29) is 12.0 Å². The molecule has 1 aromatic carbocycles. The Balaban J connectivity index is 2.69. The minimum atomic E-state index is -0.243. The molecule has 0 spiro atoms. The molecule has 1 aromatic heterocycles. The Hall–Kier alpha value is -1.48. The van der Waals surface area contributed by atoms with E-state index in [2.05, 4.69) is 4.98 Å². The molecule has 0 saturated heterocycles. The summed E-state index contributed by atoms with van der Waals surface area (Å²) in [6.45, 7) is 4.18. The fraction of sp³-hybridized carbons (Fsp3) is 0.385. The van der Waals surface area contributed by atoms with Crippen molar-refractivity contribution in [1.29, 1.82) is 0 Å². The minimum Gasteiger partial charge on any atom is -0.495 e. The number of hydrogen-bond donors (Lipinski definition) is 2. The van der Waals surface area contributed by atoms with Crippen LogP contribution in [0.15, 0.2) is 24.4 Å². The van der Waals surface area contributed by atoms with Crippen LogP contribution in [0, 0.1) is 0 Å². The van der Waals surface area contributed by atoms with Gasteiger partial charge in [0.25, 0.3) is 0 Å². The van der Waals surface area contributed by atoms with Crippen LogP contribution in [0.2, 0.25) is 0 Å². The van der Waals surface area contributed by atoms with Crippen LogP contribution in [0.3, 0.4) is 0 Å². The van der Waals surface area contributed by atoms with Gasteiger partial charge in [-0.25, -0.2) is 0 Å². The lowest BCUT2D eigenvalue weighted by Crippen LogP contribution is -2.22. The van der Waals surface area contributed by atoms with Crippen molar-refractivity contribution in [2.75, 3.05) is 13.7 Å². The maximum absolute atomic E-state index is 9.43. The zero-order valence-corrected chi connectivity index (χ0v) is 9.87. The highest BCUT2D eigenvalue weighted by Gasteiger charge is 2.23. The van der Waals surface area contributed by atoms with E-state index in [9.17, 15) is 5.11 Å². The van der Waals surface area contributed by atoms with Crippen LogP contribution in [0.5, 0.6) is 5.75 Å². The van der Waals surface area contributed by atoms with Gasteiger partial charge in [-0.05, 0) is 17.7 Å². The van der Waals surface area contributed by atoms with E-state index in [1.807, 2.05) is 38.2 Å². The largest absolute Gasteiger partial charge is 0.495 e. The fourth-order valence-electron chi connectivity index (χ4n) is 1.98. The molecule has 3 nitrogen and oxygen atoms in total. The topological polar surface area (TPSA) is 45.2 Å². The third kappa shape index (κ3) is 1.57. The molecular weight excluding hydrogens is 202 g/mol. The second-order valence-electron chi connectivity index (χ2n) is 4.62. The van der Waals surface area contributed by atoms with Gasteiger partial charge in [-0.3, -0.25) is 0 Å². The molecule has 0 aliphatic heterocycles. The van der Waals surface area contributed by atoms with E-state index >= 15 is 0 Å². The molecule has 0 bridgehead atoms. The first kappa shape index (κ1) is 11.0. The molecule has 1 heterocycles. The van der Waals surface area contributed by atoms with E-state index in [0.717, 1.165) is 22.2 Å². The summed E-state index contributed by atoms with van der Waals surface area (Å²) in [5.41, 5.74) is 1.88. The summed E-state index contributed by atoms with van der Waals surface area (Å²) in [6, 6.07) is 5.97. The van der Waals surface area contributed by atoms with E-state index in [0.29, 0.717) is 0 Å². The first-order chi connectivity index (χ1) is 7.60. The Labute approximate surface area is 95.1 Å². The van der Waals surface area contributed by atoms with Crippen molar-refractivity contribution in [3.05, 3.63) is 30.0 Å². The summed E-state index contributed by atoms with van der Waals surface area (Å²) in [5.74, 6) is 0.831. The molecule has 0 fully saturated rings. The number of fused-ring (bicyclic) bond motifs is 1. The Morgan fingerprint density at radius 2 is 2.06 bits per heavy atom. The third-order valence-corrected chi connectivity index (χ3v) is 3.03. The number of hydrogen-bond acceptors (Lipinski definition) is 2. The predicted molar refractivity (Wildman–Crippen MR) is 65.0 cm³/mol. The van der Waals surface area contributed by atoms with Gasteiger partial charge in [-0.2, -0.15) is 0 Å². The summed E-state index contributed by atoms with van der Waals surface area (Å²) < 4.78 is 5.29. The monoisotopic (exact) mass is 219 g/mol. The number of aromatic nitrogens is 1. The van der Waals surface area contributed by atoms with Gasteiger partial charge in [0, 0.05) is 17.0 Å². The number of aromatic amines is 1. The number of methoxy groups -OCH3 is 1. The maximum atomic E-state index is 9.43. The Bertz CT molecular complexity index is 500. The summed E-state index contributed by atoms with van der Waals surface area (Å²) in [6.07, 6.45) is 1.89. The second-order valence-corrected chi connectivity index (χ2v) is 4.62. The Kier molecular flexibility index (Phi) is 2.64. The van der Waals surface area contributed by atoms with Crippen LogP contribution in [-0.2, 0) is 5.41 Å². The summed E-state index contributed by atoms with van der Waals surface area (Å²) >= 11 is 0. The van der Waals surface area contributed by atoms with Crippen LogP contribution >= 0.6 is 0 Å². The average Bonchev–Trinajstić information content (AvgIpc) is 2.76. The molecule has 0 aliphatic carbocycles. The molecule has 0 atom stereocenters. The summed E-state index contributed by atoms with van der Waals surface area (Å²) in [4.78, 5) is 3.17. The van der Waals surface area contributed by atoms with E-state index in [1.54, 1.807) is 7.11 Å². The Morgan fingerprint density at radius 3 is 2.69 bits per heavy atom. The fourth-order valence-corrected chi connectivity index (χ4v) is 1.98. The second kappa shape index (κ2) is 3.83. The van der Waals surface area contributed by atoms with Crippen LogP contribution in [0.1, 0.15) is 19.4 Å². The van der Waals surface area contributed by atoms with Gasteiger partial charge in [0.2, 0.25) is 0 Å². The lowest BCUT2D eigenvalue weighted by Gasteiger charge is -2.23. The van der Waals surface area contributed by atoms with Gasteiger partial charge >= 0.3 is 0 Å². The SMILES string of the molecule is COc1ccc(C(C)(C)CO)c2cc[nH]c12. The smallest absolute Gasteiger partial charge is 0.142 e. The predicted octanol–water partition coefficient (Wildman–Crippen LogP) is 2.45. The first-order valence-corrected chi connectivity index (χ1v) is 5.35. The van der Waals surface area contributed by atoms with Crippen molar-refractivity contribution in [1.82, 2.24) is 4.98 Å². The third-order valence-electron chi connectivity index (χ3n) is 3.03. The number of aliphatic hydroxyl groups is 1. The van der Waals surface area contributed by atoms with Gasteiger partial charge in [0.1, 0.15) is 5.75 Å². The lowest BCUT2D eigenvalue weighted by atomic mass is 9.83. The number of aliphatic hydroxyl groups excluding tert-OH is 1. The van der Waals surface area contributed by atoms with Gasteiger partial charge < -0.3 is 14.8 Å². The zero-order valence-electron chi connectivity index (χ0n) is 9.87. The van der Waals surface area contributed by atoms with E-state index in [4.69, 9.17) is 4.74 Å². The number of ether oxygens (including phenoxy) is 1. The molecule has 2 rings (SSSR count). The van der Waals surface area contributed by atoms with Crippen LogP contribution in [0.25, 0.3) is 10.9 Å². The van der Waals surface area contributed by atoms with Crippen LogP contribution < -0.4 is 4.74 Å². The van der Waals surface area contributed by atoms with Crippen LogP contribution in [0.4, 0.5) is 0 Å². The first-order valence-electron chi connectivity index (χ1n) is 5.35. The number of H-pyrrole nitrogens is 1. The molecule has 16 heavy (non-hydrogen) atoms.